The molecule has 41 heavy (non-hydrogen) atoms. The third-order valence-corrected chi connectivity index (χ3v) is 7.54. The smallest absolute Gasteiger partial charge is 0.254 e. The molecular weight excluding hydrogens is 574 g/mol. The molecule has 0 spiro atoms. The highest BCUT2D eigenvalue weighted by Gasteiger charge is 2.18. The number of halogens is 3. The van der Waals surface area contributed by atoms with Crippen molar-refractivity contribution in [2.24, 2.45) is 7.05 Å². The lowest BCUT2D eigenvalue weighted by Crippen LogP contribution is -2.30. The minimum atomic E-state index is -2.46. The van der Waals surface area contributed by atoms with Gasteiger partial charge in [-0.05, 0) is 61.2 Å². The molecule has 4 rings (SSSR count). The van der Waals surface area contributed by atoms with Crippen molar-refractivity contribution >= 4 is 22.9 Å². The van der Waals surface area contributed by atoms with Gasteiger partial charge in [-0.15, -0.1) is 0 Å². The number of aryl methyl sites for hydroxylation is 1. The van der Waals surface area contributed by atoms with Gasteiger partial charge in [0.25, 0.3) is 5.56 Å². The first kappa shape index (κ1) is 30.4. The first-order chi connectivity index (χ1) is 19.7. The quantitative estimate of drug-likeness (QED) is 0.184. The Morgan fingerprint density at radius 3 is 2.39 bits per heavy atom. The molecule has 216 valence electrons. The van der Waals surface area contributed by atoms with Gasteiger partial charge in [0, 0.05) is 65.9 Å². The Morgan fingerprint density at radius 1 is 0.951 bits per heavy atom. The minimum absolute atomic E-state index is 0.185. The van der Waals surface area contributed by atoms with E-state index in [0.717, 1.165) is 23.3 Å². The molecule has 7 nitrogen and oxygen atoms in total. The molecule has 0 fully saturated rings. The number of rotatable bonds is 12. The Morgan fingerprint density at radius 2 is 1.68 bits per heavy atom. The van der Waals surface area contributed by atoms with Gasteiger partial charge in [0.15, 0.2) is 11.6 Å². The van der Waals surface area contributed by atoms with E-state index in [1.165, 1.54) is 21.0 Å². The number of pyridine rings is 1. The van der Waals surface area contributed by atoms with Crippen LogP contribution in [0.4, 0.5) is 8.78 Å². The van der Waals surface area contributed by atoms with Crippen molar-refractivity contribution in [1.29, 1.82) is 0 Å². The van der Waals surface area contributed by atoms with E-state index < -0.39 is 22.9 Å². The maximum atomic E-state index is 14.5. The molecule has 0 N–H and O–H groups in total. The Kier molecular flexibility index (Phi) is 10.3. The molecule has 1 aromatic heterocycles. The van der Waals surface area contributed by atoms with Crippen molar-refractivity contribution in [3.05, 3.63) is 111 Å². The summed E-state index contributed by atoms with van der Waals surface area (Å²) in [5, 5.41) is 0.573. The van der Waals surface area contributed by atoms with Crippen LogP contribution >= 0.6 is 11.6 Å². The van der Waals surface area contributed by atoms with E-state index in [-0.39, 0.29) is 30.1 Å². The lowest BCUT2D eigenvalue weighted by Gasteiger charge is -2.24. The summed E-state index contributed by atoms with van der Waals surface area (Å²) in [6.45, 7) is 2.51. The molecule has 0 amide bonds. The van der Waals surface area contributed by atoms with Gasteiger partial charge >= 0.3 is 0 Å². The number of hydrogen-bond acceptors (Lipinski definition) is 5. The second-order valence-electron chi connectivity index (χ2n) is 9.18. The predicted molar refractivity (Wildman–Crippen MR) is 154 cm³/mol. The fourth-order valence-electron chi connectivity index (χ4n) is 4.26. The van der Waals surface area contributed by atoms with E-state index in [0.29, 0.717) is 41.3 Å². The summed E-state index contributed by atoms with van der Waals surface area (Å²) in [6, 6.07) is 16.8. The molecule has 4 aromatic rings. The number of nitrogens with zero attached hydrogens (tertiary/aromatic N) is 2. The van der Waals surface area contributed by atoms with Crippen LogP contribution in [0.1, 0.15) is 18.1 Å². The van der Waals surface area contributed by atoms with Crippen LogP contribution in [-0.2, 0) is 31.2 Å². The Bertz CT molecular complexity index is 1610. The highest BCUT2D eigenvalue weighted by Crippen LogP contribution is 2.39. The van der Waals surface area contributed by atoms with Crippen LogP contribution in [-0.4, -0.2) is 37.3 Å². The first-order valence-electron chi connectivity index (χ1n) is 12.8. The summed E-state index contributed by atoms with van der Waals surface area (Å²) in [7, 11) is 1.59. The second kappa shape index (κ2) is 13.9. The average molecular weight is 602 g/mol. The van der Waals surface area contributed by atoms with Crippen LogP contribution in [0.5, 0.6) is 17.2 Å². The highest BCUT2D eigenvalue weighted by atomic mass is 35.5. The zero-order valence-electron chi connectivity index (χ0n) is 22.4. The van der Waals surface area contributed by atoms with Crippen molar-refractivity contribution in [3.63, 3.8) is 0 Å². The molecule has 1 unspecified atom stereocenters. The van der Waals surface area contributed by atoms with Gasteiger partial charge in [-0.3, -0.25) is 9.00 Å². The third kappa shape index (κ3) is 7.80. The first-order valence-corrected chi connectivity index (χ1v) is 14.2. The van der Waals surface area contributed by atoms with Gasteiger partial charge in [0.2, 0.25) is 0 Å². The highest BCUT2D eigenvalue weighted by molar-refractivity contribution is 7.76. The zero-order chi connectivity index (χ0) is 29.5. The van der Waals surface area contributed by atoms with Crippen molar-refractivity contribution in [3.8, 4) is 28.4 Å². The molecule has 11 heteroatoms. The molecule has 0 aliphatic rings. The Balaban J connectivity index is 1.66. The molecule has 0 saturated carbocycles. The Hall–Kier alpha value is -3.57. The van der Waals surface area contributed by atoms with Crippen LogP contribution in [0.15, 0.2) is 77.7 Å². The van der Waals surface area contributed by atoms with Crippen molar-refractivity contribution in [2.45, 2.75) is 19.8 Å². The number of aromatic nitrogens is 1. The molecule has 0 bridgehead atoms. The van der Waals surface area contributed by atoms with Crippen LogP contribution in [0.3, 0.4) is 0 Å². The monoisotopic (exact) mass is 601 g/mol. The largest absolute Gasteiger partial charge is 0.760 e. The normalized spacial score (nSPS) is 12.0. The maximum Gasteiger partial charge on any atom is 0.254 e. The standard InChI is InChI=1S/C30H29ClF2N2O5S/c1-3-39-29-18-30(36)34(2)19-24(29)23-16-20(8-10-27(23)40-28-11-9-22(32)17-26(28)33)12-14-35(41(37)38)15-13-21-6-4-5-7-25(21)31/h4-11,16-19H,3,12-15H2,1-2H3,(H,37,38)/p-1. The number of hydrogen-bond donors (Lipinski definition) is 0. The average Bonchev–Trinajstić information content (AvgIpc) is 2.93. The fourth-order valence-corrected chi connectivity index (χ4v) is 4.97. The Labute approximate surface area is 244 Å². The second-order valence-corrected chi connectivity index (χ2v) is 10.5. The van der Waals surface area contributed by atoms with E-state index in [4.69, 9.17) is 21.1 Å². The van der Waals surface area contributed by atoms with Gasteiger partial charge < -0.3 is 18.6 Å². The fraction of sp³-hybridized carbons (Fsp3) is 0.233. The van der Waals surface area contributed by atoms with Gasteiger partial charge in [-0.25, -0.2) is 13.1 Å². The van der Waals surface area contributed by atoms with E-state index in [2.05, 4.69) is 0 Å². The van der Waals surface area contributed by atoms with Crippen molar-refractivity contribution in [2.75, 3.05) is 19.7 Å². The molecule has 3 aromatic carbocycles. The lowest BCUT2D eigenvalue weighted by molar-refractivity contribution is 0.340. The van der Waals surface area contributed by atoms with E-state index in [1.54, 1.807) is 44.4 Å². The molecule has 0 aliphatic heterocycles. The van der Waals surface area contributed by atoms with Crippen molar-refractivity contribution in [1.82, 2.24) is 8.87 Å². The van der Waals surface area contributed by atoms with Crippen LogP contribution in [0.2, 0.25) is 5.02 Å². The minimum Gasteiger partial charge on any atom is -0.760 e. The maximum absolute atomic E-state index is 14.5. The van der Waals surface area contributed by atoms with Gasteiger partial charge in [0.05, 0.1) is 6.61 Å². The molecular formula is C30H28ClF2N2O5S-. The summed E-state index contributed by atoms with van der Waals surface area (Å²) in [6.07, 6.45) is 2.39. The molecule has 0 saturated heterocycles. The topological polar surface area (TPSA) is 83.8 Å². The summed E-state index contributed by atoms with van der Waals surface area (Å²) in [4.78, 5) is 12.3. The SMILES string of the molecule is CCOc1cc(=O)n(C)cc1-c1cc(CCN(CCc2ccccc2Cl)S(=O)[O-])ccc1Oc1ccc(F)cc1F. The van der Waals surface area contributed by atoms with Gasteiger partial charge in [0.1, 0.15) is 17.3 Å². The summed E-state index contributed by atoms with van der Waals surface area (Å²) in [5.41, 5.74) is 2.32. The molecule has 0 aliphatic carbocycles. The summed E-state index contributed by atoms with van der Waals surface area (Å²) >= 11 is 3.76. The van der Waals surface area contributed by atoms with Crippen LogP contribution in [0, 0.1) is 11.6 Å². The van der Waals surface area contributed by atoms with Crippen LogP contribution < -0.4 is 15.0 Å². The summed E-state index contributed by atoms with van der Waals surface area (Å²) < 4.78 is 66.2. The number of ether oxygens (including phenoxy) is 2. The number of benzene rings is 3. The van der Waals surface area contributed by atoms with E-state index >= 15 is 0 Å². The molecule has 1 heterocycles. The van der Waals surface area contributed by atoms with Crippen LogP contribution in [0.25, 0.3) is 11.1 Å². The van der Waals surface area contributed by atoms with Gasteiger partial charge in [-0.2, -0.15) is 0 Å². The van der Waals surface area contributed by atoms with Crippen molar-refractivity contribution < 1.29 is 27.0 Å². The zero-order valence-corrected chi connectivity index (χ0v) is 24.0. The predicted octanol–water partition coefficient (Wildman–Crippen LogP) is 6.06. The summed E-state index contributed by atoms with van der Waals surface area (Å²) in [5.74, 6) is -1.26. The lowest BCUT2D eigenvalue weighted by atomic mass is 10.0. The molecule has 1 atom stereocenters. The molecule has 0 radical (unpaired) electrons. The third-order valence-electron chi connectivity index (χ3n) is 6.39. The van der Waals surface area contributed by atoms with E-state index in [9.17, 15) is 22.3 Å². The van der Waals surface area contributed by atoms with Gasteiger partial charge in [-0.1, -0.05) is 35.9 Å². The van der Waals surface area contributed by atoms with E-state index in [1.807, 2.05) is 18.2 Å².